The van der Waals surface area contributed by atoms with Crippen LogP contribution in [0.4, 0.5) is 4.79 Å². The lowest BCUT2D eigenvalue weighted by Crippen LogP contribution is -2.56. The summed E-state index contributed by atoms with van der Waals surface area (Å²) in [6.45, 7) is 12.3. The summed E-state index contributed by atoms with van der Waals surface area (Å²) in [5.74, 6) is 0. The molecule has 1 aliphatic rings. The van der Waals surface area contributed by atoms with Crippen molar-refractivity contribution in [3.8, 4) is 0 Å². The largest absolute Gasteiger partial charge is 0.446 e. The zero-order chi connectivity index (χ0) is 12.6. The van der Waals surface area contributed by atoms with E-state index in [-0.39, 0.29) is 23.3 Å². The van der Waals surface area contributed by atoms with Gasteiger partial charge in [0.15, 0.2) is 0 Å². The van der Waals surface area contributed by atoms with Gasteiger partial charge in [-0.25, -0.2) is 4.79 Å². The maximum atomic E-state index is 12.1. The van der Waals surface area contributed by atoms with Crippen LogP contribution in [0.2, 0.25) is 0 Å². The molecule has 0 aromatic rings. The van der Waals surface area contributed by atoms with E-state index in [4.69, 9.17) is 4.74 Å². The van der Waals surface area contributed by atoms with Crippen molar-refractivity contribution in [2.45, 2.75) is 78.0 Å². The Balaban J connectivity index is 2.72. The summed E-state index contributed by atoms with van der Waals surface area (Å²) in [7, 11) is 0. The third-order valence-electron chi connectivity index (χ3n) is 2.84. The summed E-state index contributed by atoms with van der Waals surface area (Å²) >= 11 is 0. The number of amides is 1. The van der Waals surface area contributed by atoms with Crippen molar-refractivity contribution in [3.05, 3.63) is 0 Å². The van der Waals surface area contributed by atoms with Crippen LogP contribution >= 0.6 is 0 Å². The molecule has 94 valence electrons. The molecule has 0 heterocycles. The summed E-state index contributed by atoms with van der Waals surface area (Å²) in [5, 5.41) is 0. The van der Waals surface area contributed by atoms with Crippen molar-refractivity contribution >= 4 is 6.09 Å². The maximum absolute atomic E-state index is 12.1. The molecule has 1 fully saturated rings. The van der Waals surface area contributed by atoms with Gasteiger partial charge in [-0.2, -0.15) is 0 Å². The summed E-state index contributed by atoms with van der Waals surface area (Å²) in [6, 6.07) is 0. The van der Waals surface area contributed by atoms with Crippen LogP contribution in [0.25, 0.3) is 0 Å². The van der Waals surface area contributed by atoms with E-state index in [9.17, 15) is 4.79 Å². The van der Waals surface area contributed by atoms with Gasteiger partial charge in [0.1, 0.15) is 6.10 Å². The summed E-state index contributed by atoms with van der Waals surface area (Å²) in [4.78, 5) is 14.0. The number of ether oxygens (including phenoxy) is 1. The average molecular weight is 227 g/mol. The lowest BCUT2D eigenvalue weighted by atomic mass is 9.95. The quantitative estimate of drug-likeness (QED) is 0.685. The van der Waals surface area contributed by atoms with Gasteiger partial charge in [0.05, 0.1) is 0 Å². The molecule has 0 spiro atoms. The van der Waals surface area contributed by atoms with E-state index in [0.717, 1.165) is 12.8 Å². The Kier molecular flexibility index (Phi) is 3.56. The molecule has 16 heavy (non-hydrogen) atoms. The van der Waals surface area contributed by atoms with Crippen molar-refractivity contribution < 1.29 is 9.53 Å². The van der Waals surface area contributed by atoms with Gasteiger partial charge in [-0.05, 0) is 60.8 Å². The van der Waals surface area contributed by atoms with E-state index in [1.54, 1.807) is 0 Å². The van der Waals surface area contributed by atoms with Crippen LogP contribution in [0.3, 0.4) is 0 Å². The Labute approximate surface area is 99.1 Å². The lowest BCUT2D eigenvalue weighted by Gasteiger charge is -2.45. The highest BCUT2D eigenvalue weighted by atomic mass is 16.6. The van der Waals surface area contributed by atoms with E-state index < -0.39 is 0 Å². The molecule has 1 aliphatic carbocycles. The first kappa shape index (κ1) is 13.3. The first-order valence-electron chi connectivity index (χ1n) is 6.13. The Morgan fingerprint density at radius 2 is 1.50 bits per heavy atom. The fraction of sp³-hybridized carbons (Fsp3) is 0.923. The van der Waals surface area contributed by atoms with Gasteiger partial charge >= 0.3 is 6.09 Å². The molecular weight excluding hydrogens is 202 g/mol. The van der Waals surface area contributed by atoms with Crippen LogP contribution < -0.4 is 0 Å². The molecular formula is C13H25NO2. The molecule has 1 saturated carbocycles. The molecule has 0 atom stereocenters. The van der Waals surface area contributed by atoms with Gasteiger partial charge in [0.25, 0.3) is 0 Å². The smallest absolute Gasteiger partial charge is 0.410 e. The molecule has 0 unspecified atom stereocenters. The molecule has 0 N–H and O–H groups in total. The molecule has 0 aromatic heterocycles. The zero-order valence-electron chi connectivity index (χ0n) is 11.5. The van der Waals surface area contributed by atoms with Gasteiger partial charge in [-0.1, -0.05) is 0 Å². The van der Waals surface area contributed by atoms with Crippen LogP contribution in [-0.2, 0) is 4.74 Å². The van der Waals surface area contributed by atoms with Crippen molar-refractivity contribution in [1.29, 1.82) is 0 Å². The van der Waals surface area contributed by atoms with Crippen LogP contribution in [0.5, 0.6) is 0 Å². The molecule has 1 rings (SSSR count). The van der Waals surface area contributed by atoms with Gasteiger partial charge < -0.3 is 4.74 Å². The Hall–Kier alpha value is -0.730. The van der Waals surface area contributed by atoms with Crippen LogP contribution in [0.15, 0.2) is 0 Å². The number of carbonyl (C=O) groups is 1. The normalized spacial score (nSPS) is 17.9. The Morgan fingerprint density at radius 3 is 1.75 bits per heavy atom. The summed E-state index contributed by atoms with van der Waals surface area (Å²) in [6.07, 6.45) is 3.20. The molecule has 1 amide bonds. The third-order valence-corrected chi connectivity index (χ3v) is 2.84. The SMILES string of the molecule is CC(C)(C)N(C(=O)OC1CCC1)C(C)(C)C. The van der Waals surface area contributed by atoms with Crippen LogP contribution in [0, 0.1) is 0 Å². The fourth-order valence-electron chi connectivity index (χ4n) is 2.24. The van der Waals surface area contributed by atoms with Crippen molar-refractivity contribution in [1.82, 2.24) is 4.90 Å². The topological polar surface area (TPSA) is 29.5 Å². The molecule has 3 heteroatoms. The monoisotopic (exact) mass is 227 g/mol. The molecule has 0 aromatic carbocycles. The van der Waals surface area contributed by atoms with Crippen molar-refractivity contribution in [2.75, 3.05) is 0 Å². The second-order valence-corrected chi connectivity index (χ2v) is 6.61. The van der Waals surface area contributed by atoms with Gasteiger partial charge in [0.2, 0.25) is 0 Å². The first-order valence-corrected chi connectivity index (χ1v) is 6.13. The third kappa shape index (κ3) is 3.13. The molecule has 0 radical (unpaired) electrons. The van der Waals surface area contributed by atoms with Gasteiger partial charge in [-0.15, -0.1) is 0 Å². The summed E-state index contributed by atoms with van der Waals surface area (Å²) in [5.41, 5.74) is -0.418. The minimum absolute atomic E-state index is 0.152. The molecule has 0 aliphatic heterocycles. The predicted octanol–water partition coefficient (Wildman–Crippen LogP) is 3.57. The second kappa shape index (κ2) is 4.27. The van der Waals surface area contributed by atoms with E-state index >= 15 is 0 Å². The minimum Gasteiger partial charge on any atom is -0.446 e. The van der Waals surface area contributed by atoms with Gasteiger partial charge in [-0.3, -0.25) is 4.90 Å². The zero-order valence-corrected chi connectivity index (χ0v) is 11.5. The highest BCUT2D eigenvalue weighted by Gasteiger charge is 2.38. The molecule has 0 bridgehead atoms. The predicted molar refractivity (Wildman–Crippen MR) is 65.5 cm³/mol. The highest BCUT2D eigenvalue weighted by molar-refractivity contribution is 5.69. The number of nitrogens with zero attached hydrogens (tertiary/aromatic N) is 1. The second-order valence-electron chi connectivity index (χ2n) is 6.61. The molecule has 0 saturated heterocycles. The maximum Gasteiger partial charge on any atom is 0.410 e. The molecule has 3 nitrogen and oxygen atoms in total. The van der Waals surface area contributed by atoms with Crippen molar-refractivity contribution in [3.63, 3.8) is 0 Å². The van der Waals surface area contributed by atoms with Crippen LogP contribution in [-0.4, -0.2) is 28.2 Å². The van der Waals surface area contributed by atoms with Gasteiger partial charge in [0, 0.05) is 11.1 Å². The highest BCUT2D eigenvalue weighted by Crippen LogP contribution is 2.29. The van der Waals surface area contributed by atoms with E-state index in [2.05, 4.69) is 0 Å². The summed E-state index contributed by atoms with van der Waals surface area (Å²) < 4.78 is 5.49. The van der Waals surface area contributed by atoms with Crippen LogP contribution in [0.1, 0.15) is 60.8 Å². The minimum atomic E-state index is -0.209. The number of hydrogen-bond acceptors (Lipinski definition) is 2. The average Bonchev–Trinajstić information content (AvgIpc) is 1.90. The van der Waals surface area contributed by atoms with E-state index in [0.29, 0.717) is 0 Å². The fourth-order valence-corrected chi connectivity index (χ4v) is 2.24. The first-order chi connectivity index (χ1) is 7.12. The van der Waals surface area contributed by atoms with Crippen molar-refractivity contribution in [2.24, 2.45) is 0 Å². The Bertz CT molecular complexity index is 242. The number of rotatable bonds is 1. The van der Waals surface area contributed by atoms with E-state index in [1.807, 2.05) is 46.4 Å². The number of hydrogen-bond donors (Lipinski definition) is 0. The van der Waals surface area contributed by atoms with E-state index in [1.165, 1.54) is 6.42 Å². The Morgan fingerprint density at radius 1 is 1.06 bits per heavy atom. The number of carbonyl (C=O) groups excluding carboxylic acids is 1. The lowest BCUT2D eigenvalue weighted by molar-refractivity contribution is -0.0187. The standard InChI is InChI=1S/C13H25NO2/c1-12(2,3)14(13(4,5)6)11(15)16-10-8-7-9-10/h10H,7-9H2,1-6H3.